The van der Waals surface area contributed by atoms with E-state index < -0.39 is 0 Å². The van der Waals surface area contributed by atoms with Gasteiger partial charge >= 0.3 is 0 Å². The molecule has 2 aromatic rings. The predicted molar refractivity (Wildman–Crippen MR) is 87.5 cm³/mol. The van der Waals surface area contributed by atoms with Gasteiger partial charge in [-0.2, -0.15) is 0 Å². The van der Waals surface area contributed by atoms with Crippen molar-refractivity contribution in [2.24, 2.45) is 5.73 Å². The Hall–Kier alpha value is -1.22. The lowest BCUT2D eigenvalue weighted by molar-refractivity contribution is 0.291. The van der Waals surface area contributed by atoms with Crippen LogP contribution in [0.25, 0.3) is 0 Å². The van der Waals surface area contributed by atoms with E-state index in [2.05, 4.69) is 19.9 Å². The average molecular weight is 322 g/mol. The van der Waals surface area contributed by atoms with Gasteiger partial charge in [0.2, 0.25) is 0 Å². The standard InChI is InChI=1S/C17H17Cl2NO/c1-17(2)9-21-15-6-4-10(7-12(15)17)16(20)11-3-5-13(18)14(19)8-11/h3-8,16H,9,20H2,1-2H3. The summed E-state index contributed by atoms with van der Waals surface area (Å²) in [6, 6.07) is 11.4. The first-order valence-electron chi connectivity index (χ1n) is 6.86. The molecule has 2 nitrogen and oxygen atoms in total. The van der Waals surface area contributed by atoms with Crippen LogP contribution in [0.15, 0.2) is 36.4 Å². The van der Waals surface area contributed by atoms with Gasteiger partial charge in [0.1, 0.15) is 5.75 Å². The summed E-state index contributed by atoms with van der Waals surface area (Å²) in [4.78, 5) is 0. The molecule has 1 atom stereocenters. The van der Waals surface area contributed by atoms with Crippen molar-refractivity contribution in [3.05, 3.63) is 63.1 Å². The van der Waals surface area contributed by atoms with Crippen molar-refractivity contribution in [3.8, 4) is 5.75 Å². The quantitative estimate of drug-likeness (QED) is 0.869. The van der Waals surface area contributed by atoms with Gasteiger partial charge in [-0.1, -0.05) is 49.2 Å². The smallest absolute Gasteiger partial charge is 0.123 e. The minimum absolute atomic E-state index is 0.0166. The van der Waals surface area contributed by atoms with Crippen LogP contribution in [0.2, 0.25) is 10.0 Å². The largest absolute Gasteiger partial charge is 0.492 e. The highest BCUT2D eigenvalue weighted by atomic mass is 35.5. The van der Waals surface area contributed by atoms with Gasteiger partial charge in [-0.25, -0.2) is 0 Å². The van der Waals surface area contributed by atoms with Gasteiger partial charge in [0.25, 0.3) is 0 Å². The molecule has 3 rings (SSSR count). The summed E-state index contributed by atoms with van der Waals surface area (Å²) >= 11 is 12.0. The predicted octanol–water partition coefficient (Wildman–Crippen LogP) is 4.71. The molecular weight excluding hydrogens is 305 g/mol. The molecule has 4 heteroatoms. The molecule has 0 aromatic heterocycles. The molecule has 0 saturated heterocycles. The maximum Gasteiger partial charge on any atom is 0.123 e. The minimum atomic E-state index is -0.235. The van der Waals surface area contributed by atoms with Gasteiger partial charge in [-0.3, -0.25) is 0 Å². The van der Waals surface area contributed by atoms with Gasteiger partial charge in [0.15, 0.2) is 0 Å². The van der Waals surface area contributed by atoms with Crippen LogP contribution in [0.3, 0.4) is 0 Å². The van der Waals surface area contributed by atoms with E-state index in [0.29, 0.717) is 16.7 Å². The van der Waals surface area contributed by atoms with Crippen LogP contribution >= 0.6 is 23.2 Å². The second-order valence-electron chi connectivity index (χ2n) is 6.08. The number of rotatable bonds is 2. The molecule has 0 spiro atoms. The number of hydrogen-bond donors (Lipinski definition) is 1. The zero-order valence-corrected chi connectivity index (χ0v) is 13.5. The molecule has 0 fully saturated rings. The molecule has 1 heterocycles. The van der Waals surface area contributed by atoms with Crippen molar-refractivity contribution in [2.75, 3.05) is 6.61 Å². The summed E-state index contributed by atoms with van der Waals surface area (Å²) in [5.41, 5.74) is 9.59. The number of hydrogen-bond acceptors (Lipinski definition) is 2. The molecule has 0 radical (unpaired) electrons. The van der Waals surface area contributed by atoms with E-state index in [9.17, 15) is 0 Å². The normalized spacial score (nSPS) is 17.2. The molecule has 1 unspecified atom stereocenters. The van der Waals surface area contributed by atoms with Crippen LogP contribution in [0.4, 0.5) is 0 Å². The zero-order chi connectivity index (χ0) is 15.2. The van der Waals surface area contributed by atoms with Gasteiger partial charge < -0.3 is 10.5 Å². The van der Waals surface area contributed by atoms with Crippen molar-refractivity contribution in [1.29, 1.82) is 0 Å². The monoisotopic (exact) mass is 321 g/mol. The fourth-order valence-electron chi connectivity index (χ4n) is 2.63. The lowest BCUT2D eigenvalue weighted by Gasteiger charge is -2.18. The first kappa shape index (κ1) is 14.7. The molecule has 110 valence electrons. The van der Waals surface area contributed by atoms with Crippen LogP contribution in [-0.2, 0) is 5.41 Å². The second-order valence-corrected chi connectivity index (χ2v) is 6.89. The third-order valence-electron chi connectivity index (χ3n) is 3.98. The van der Waals surface area contributed by atoms with Crippen LogP contribution in [0.5, 0.6) is 5.75 Å². The summed E-state index contributed by atoms with van der Waals surface area (Å²) in [7, 11) is 0. The lowest BCUT2D eigenvalue weighted by Crippen LogP contribution is -2.19. The Morgan fingerprint density at radius 2 is 1.71 bits per heavy atom. The minimum Gasteiger partial charge on any atom is -0.492 e. The van der Waals surface area contributed by atoms with Crippen molar-refractivity contribution in [2.45, 2.75) is 25.3 Å². The number of nitrogens with two attached hydrogens (primary N) is 1. The van der Waals surface area contributed by atoms with Crippen molar-refractivity contribution in [3.63, 3.8) is 0 Å². The molecule has 0 amide bonds. The number of fused-ring (bicyclic) bond motifs is 1. The van der Waals surface area contributed by atoms with E-state index in [0.717, 1.165) is 16.9 Å². The van der Waals surface area contributed by atoms with Gasteiger partial charge in [-0.05, 0) is 35.4 Å². The fourth-order valence-corrected chi connectivity index (χ4v) is 2.94. The van der Waals surface area contributed by atoms with Crippen molar-refractivity contribution < 1.29 is 4.74 Å². The van der Waals surface area contributed by atoms with E-state index in [1.165, 1.54) is 5.56 Å². The highest BCUT2D eigenvalue weighted by Crippen LogP contribution is 2.40. The lowest BCUT2D eigenvalue weighted by atomic mass is 9.85. The Labute approximate surface area is 134 Å². The van der Waals surface area contributed by atoms with Gasteiger partial charge in [0.05, 0.1) is 22.7 Å². The maximum atomic E-state index is 6.38. The highest BCUT2D eigenvalue weighted by molar-refractivity contribution is 6.42. The Bertz CT molecular complexity index is 697. The Kier molecular flexibility index (Phi) is 3.64. The Balaban J connectivity index is 1.99. The van der Waals surface area contributed by atoms with E-state index in [4.69, 9.17) is 33.7 Å². The number of benzene rings is 2. The van der Waals surface area contributed by atoms with E-state index >= 15 is 0 Å². The summed E-state index contributed by atoms with van der Waals surface area (Å²) in [6.45, 7) is 5.05. The van der Waals surface area contributed by atoms with E-state index in [1.807, 2.05) is 24.3 Å². The van der Waals surface area contributed by atoms with Crippen LogP contribution in [0, 0.1) is 0 Å². The highest BCUT2D eigenvalue weighted by Gasteiger charge is 2.32. The fraction of sp³-hybridized carbons (Fsp3) is 0.294. The summed E-state index contributed by atoms with van der Waals surface area (Å²) < 4.78 is 5.71. The number of ether oxygens (including phenoxy) is 1. The second kappa shape index (κ2) is 5.20. The molecular formula is C17H17Cl2NO. The maximum absolute atomic E-state index is 6.38. The SMILES string of the molecule is CC1(C)COc2ccc(C(N)c3ccc(Cl)c(Cl)c3)cc21. The van der Waals surface area contributed by atoms with E-state index in [-0.39, 0.29) is 11.5 Å². The summed E-state index contributed by atoms with van der Waals surface area (Å²) in [5, 5.41) is 1.06. The first-order chi connectivity index (χ1) is 9.88. The summed E-state index contributed by atoms with van der Waals surface area (Å²) in [6.07, 6.45) is 0. The summed E-state index contributed by atoms with van der Waals surface area (Å²) in [5.74, 6) is 0.949. The molecule has 1 aliphatic heterocycles. The van der Waals surface area contributed by atoms with Crippen LogP contribution in [-0.4, -0.2) is 6.61 Å². The molecule has 0 saturated carbocycles. The molecule has 2 aromatic carbocycles. The van der Waals surface area contributed by atoms with Crippen LogP contribution in [0.1, 0.15) is 36.6 Å². The Morgan fingerprint density at radius 3 is 2.43 bits per heavy atom. The van der Waals surface area contributed by atoms with Gasteiger partial charge in [-0.15, -0.1) is 0 Å². The topological polar surface area (TPSA) is 35.2 Å². The average Bonchev–Trinajstić information content (AvgIpc) is 2.76. The van der Waals surface area contributed by atoms with Gasteiger partial charge in [0, 0.05) is 11.0 Å². The first-order valence-corrected chi connectivity index (χ1v) is 7.62. The molecule has 2 N–H and O–H groups in total. The zero-order valence-electron chi connectivity index (χ0n) is 12.0. The number of halogens is 2. The third kappa shape index (κ3) is 2.64. The third-order valence-corrected chi connectivity index (χ3v) is 4.72. The molecule has 1 aliphatic rings. The Morgan fingerprint density at radius 1 is 1.05 bits per heavy atom. The molecule has 21 heavy (non-hydrogen) atoms. The van der Waals surface area contributed by atoms with E-state index in [1.54, 1.807) is 6.07 Å². The molecule has 0 aliphatic carbocycles. The van der Waals surface area contributed by atoms with Crippen LogP contribution < -0.4 is 10.5 Å². The molecule has 0 bridgehead atoms. The van der Waals surface area contributed by atoms with Crippen molar-refractivity contribution in [1.82, 2.24) is 0 Å². The van der Waals surface area contributed by atoms with Crippen molar-refractivity contribution >= 4 is 23.2 Å².